The van der Waals surface area contributed by atoms with Crippen molar-refractivity contribution >= 4 is 26.0 Å². The third-order valence-electron chi connectivity index (χ3n) is 2.51. The summed E-state index contributed by atoms with van der Waals surface area (Å²) in [6, 6.07) is 8.61. The normalized spacial score (nSPS) is 11.4. The van der Waals surface area contributed by atoms with Crippen LogP contribution in [0, 0.1) is 11.3 Å². The van der Waals surface area contributed by atoms with E-state index in [0.717, 1.165) is 11.8 Å². The first-order valence-corrected chi connectivity index (χ1v) is 8.21. The summed E-state index contributed by atoms with van der Waals surface area (Å²) in [7, 11) is -1.69. The Bertz CT molecular complexity index is 520. The van der Waals surface area contributed by atoms with Crippen LogP contribution in [0.5, 0.6) is 0 Å². The summed E-state index contributed by atoms with van der Waals surface area (Å²) in [6.45, 7) is 0.504. The zero-order chi connectivity index (χ0) is 13.6. The van der Waals surface area contributed by atoms with E-state index in [-0.39, 0.29) is 5.75 Å². The minimum atomic E-state index is -3.28. The van der Waals surface area contributed by atoms with Gasteiger partial charge in [-0.3, -0.25) is 0 Å². The summed E-state index contributed by atoms with van der Waals surface area (Å²) < 4.78 is 25.4. The van der Waals surface area contributed by atoms with Crippen LogP contribution in [-0.2, 0) is 15.8 Å². The number of sulfonamides is 1. The van der Waals surface area contributed by atoms with Crippen LogP contribution in [0.3, 0.4) is 0 Å². The Kier molecular flexibility index (Phi) is 5.79. The molecule has 0 amide bonds. The highest BCUT2D eigenvalue weighted by molar-refractivity contribution is 9.09. The van der Waals surface area contributed by atoms with E-state index in [1.165, 1.54) is 4.31 Å². The van der Waals surface area contributed by atoms with Crippen LogP contribution in [-0.4, -0.2) is 31.6 Å². The summed E-state index contributed by atoms with van der Waals surface area (Å²) in [4.78, 5) is 0. The molecule has 0 radical (unpaired) electrons. The van der Waals surface area contributed by atoms with Gasteiger partial charge in [0.2, 0.25) is 10.0 Å². The largest absolute Gasteiger partial charge is 0.218 e. The predicted octanol–water partition coefficient (Wildman–Crippen LogP) is 2.10. The fraction of sp³-hybridized carbons (Fsp3) is 0.417. The van der Waals surface area contributed by atoms with E-state index in [1.807, 2.05) is 6.07 Å². The van der Waals surface area contributed by atoms with Gasteiger partial charge in [0.15, 0.2) is 0 Å². The molecule has 0 fully saturated rings. The van der Waals surface area contributed by atoms with Crippen LogP contribution in [0.25, 0.3) is 0 Å². The number of hydrogen-bond acceptors (Lipinski definition) is 3. The van der Waals surface area contributed by atoms with E-state index in [4.69, 9.17) is 5.26 Å². The summed E-state index contributed by atoms with van der Waals surface area (Å²) >= 11 is 3.28. The lowest BCUT2D eigenvalue weighted by atomic mass is 10.2. The van der Waals surface area contributed by atoms with Crippen molar-refractivity contribution in [2.45, 2.75) is 12.2 Å². The lowest BCUT2D eigenvalue weighted by Gasteiger charge is -2.16. The van der Waals surface area contributed by atoms with E-state index in [1.54, 1.807) is 31.3 Å². The lowest BCUT2D eigenvalue weighted by molar-refractivity contribution is 0.469. The SMILES string of the molecule is CN(CCCBr)S(=O)(=O)Cc1ccc(C#N)cc1. The Morgan fingerprint density at radius 3 is 2.44 bits per heavy atom. The zero-order valence-electron chi connectivity index (χ0n) is 10.1. The summed E-state index contributed by atoms with van der Waals surface area (Å²) in [5.74, 6) is -0.0303. The lowest BCUT2D eigenvalue weighted by Crippen LogP contribution is -2.29. The molecule has 1 aromatic carbocycles. The van der Waals surface area contributed by atoms with Gasteiger partial charge in [0, 0.05) is 18.9 Å². The summed E-state index contributed by atoms with van der Waals surface area (Å²) in [6.07, 6.45) is 0.781. The molecule has 0 aliphatic carbocycles. The molecule has 1 aromatic rings. The van der Waals surface area contributed by atoms with Crippen LogP contribution in [0.2, 0.25) is 0 Å². The Balaban J connectivity index is 2.73. The van der Waals surface area contributed by atoms with E-state index in [0.29, 0.717) is 17.7 Å². The second-order valence-electron chi connectivity index (χ2n) is 3.93. The molecule has 6 heteroatoms. The molecule has 18 heavy (non-hydrogen) atoms. The molecule has 0 saturated carbocycles. The number of benzene rings is 1. The number of rotatable bonds is 6. The third-order valence-corrected chi connectivity index (χ3v) is 4.90. The van der Waals surface area contributed by atoms with Gasteiger partial charge in [-0.15, -0.1) is 0 Å². The van der Waals surface area contributed by atoms with Crippen molar-refractivity contribution in [3.05, 3.63) is 35.4 Å². The van der Waals surface area contributed by atoms with Gasteiger partial charge >= 0.3 is 0 Å². The van der Waals surface area contributed by atoms with Gasteiger partial charge in [-0.25, -0.2) is 12.7 Å². The molecule has 0 unspecified atom stereocenters. The maximum absolute atomic E-state index is 12.0. The van der Waals surface area contributed by atoms with Gasteiger partial charge in [-0.2, -0.15) is 5.26 Å². The van der Waals surface area contributed by atoms with Gasteiger partial charge in [0.1, 0.15) is 0 Å². The first-order chi connectivity index (χ1) is 8.49. The van der Waals surface area contributed by atoms with Gasteiger partial charge in [-0.1, -0.05) is 28.1 Å². The molecule has 0 spiro atoms. The van der Waals surface area contributed by atoms with Crippen LogP contribution < -0.4 is 0 Å². The van der Waals surface area contributed by atoms with Crippen molar-refractivity contribution in [3.63, 3.8) is 0 Å². The number of nitrogens with zero attached hydrogens (tertiary/aromatic N) is 2. The maximum atomic E-state index is 12.0. The minimum absolute atomic E-state index is 0.0303. The van der Waals surface area contributed by atoms with Crippen molar-refractivity contribution in [2.75, 3.05) is 18.9 Å². The summed E-state index contributed by atoms with van der Waals surface area (Å²) in [5.41, 5.74) is 1.23. The zero-order valence-corrected chi connectivity index (χ0v) is 12.5. The van der Waals surface area contributed by atoms with Crippen LogP contribution in [0.15, 0.2) is 24.3 Å². The average molecular weight is 331 g/mol. The van der Waals surface area contributed by atoms with Crippen LogP contribution in [0.1, 0.15) is 17.5 Å². The van der Waals surface area contributed by atoms with E-state index in [9.17, 15) is 8.42 Å². The molecular weight excluding hydrogens is 316 g/mol. The van der Waals surface area contributed by atoms with E-state index < -0.39 is 10.0 Å². The Labute approximate surface area is 116 Å². The molecule has 1 rings (SSSR count). The van der Waals surface area contributed by atoms with Crippen LogP contribution in [0.4, 0.5) is 0 Å². The Morgan fingerprint density at radius 2 is 1.94 bits per heavy atom. The molecule has 0 bridgehead atoms. The molecule has 0 N–H and O–H groups in total. The Hall–Kier alpha value is -0.900. The molecule has 4 nitrogen and oxygen atoms in total. The fourth-order valence-electron chi connectivity index (χ4n) is 1.42. The second-order valence-corrected chi connectivity index (χ2v) is 6.80. The molecule has 0 atom stereocenters. The predicted molar refractivity (Wildman–Crippen MR) is 74.8 cm³/mol. The first-order valence-electron chi connectivity index (χ1n) is 5.48. The van der Waals surface area contributed by atoms with Crippen molar-refractivity contribution in [2.24, 2.45) is 0 Å². The molecule has 98 valence electrons. The smallest absolute Gasteiger partial charge is 0.212 e. The first kappa shape index (κ1) is 15.2. The number of halogens is 1. The van der Waals surface area contributed by atoms with Crippen molar-refractivity contribution < 1.29 is 8.42 Å². The number of alkyl halides is 1. The monoisotopic (exact) mass is 330 g/mol. The Morgan fingerprint density at radius 1 is 1.33 bits per heavy atom. The second kappa shape index (κ2) is 6.88. The topological polar surface area (TPSA) is 61.2 Å². The molecule has 0 aromatic heterocycles. The third kappa shape index (κ3) is 4.41. The summed E-state index contributed by atoms with van der Waals surface area (Å²) in [5, 5.41) is 9.45. The number of nitriles is 1. The van der Waals surface area contributed by atoms with Gasteiger partial charge in [-0.05, 0) is 24.1 Å². The van der Waals surface area contributed by atoms with Gasteiger partial charge in [0.05, 0.1) is 17.4 Å². The van der Waals surface area contributed by atoms with Crippen molar-refractivity contribution in [3.8, 4) is 6.07 Å². The van der Waals surface area contributed by atoms with Crippen LogP contribution >= 0.6 is 15.9 Å². The van der Waals surface area contributed by atoms with Gasteiger partial charge in [0.25, 0.3) is 0 Å². The van der Waals surface area contributed by atoms with E-state index in [2.05, 4.69) is 15.9 Å². The molecule has 0 aliphatic heterocycles. The van der Waals surface area contributed by atoms with Gasteiger partial charge < -0.3 is 0 Å². The molecular formula is C12H15BrN2O2S. The highest BCUT2D eigenvalue weighted by Crippen LogP contribution is 2.11. The molecule has 0 aliphatic rings. The van der Waals surface area contributed by atoms with Crippen molar-refractivity contribution in [1.82, 2.24) is 4.31 Å². The fourth-order valence-corrected chi connectivity index (χ4v) is 2.91. The molecule has 0 heterocycles. The highest BCUT2D eigenvalue weighted by Gasteiger charge is 2.17. The maximum Gasteiger partial charge on any atom is 0.218 e. The highest BCUT2D eigenvalue weighted by atomic mass is 79.9. The van der Waals surface area contributed by atoms with E-state index >= 15 is 0 Å². The average Bonchev–Trinajstić information content (AvgIpc) is 2.36. The van der Waals surface area contributed by atoms with Crippen molar-refractivity contribution in [1.29, 1.82) is 5.26 Å². The quantitative estimate of drug-likeness (QED) is 0.750. The number of hydrogen-bond donors (Lipinski definition) is 0. The standard InChI is InChI=1S/C12H15BrN2O2S/c1-15(8-2-7-13)18(16,17)10-12-5-3-11(9-14)4-6-12/h3-6H,2,7-8,10H2,1H3. The molecule has 0 saturated heterocycles. The minimum Gasteiger partial charge on any atom is -0.212 e.